The van der Waals surface area contributed by atoms with Crippen LogP contribution < -0.4 is 0 Å². The van der Waals surface area contributed by atoms with Crippen molar-refractivity contribution >= 4 is 9.84 Å². The van der Waals surface area contributed by atoms with Crippen molar-refractivity contribution in [2.24, 2.45) is 0 Å². The van der Waals surface area contributed by atoms with Crippen LogP contribution >= 0.6 is 0 Å². The smallest absolute Gasteiger partial charge is 0.178 e. The fraction of sp³-hybridized carbons (Fsp3) is 0.333. The van der Waals surface area contributed by atoms with Gasteiger partial charge >= 0.3 is 0 Å². The predicted octanol–water partition coefficient (Wildman–Crippen LogP) is 1.79. The first kappa shape index (κ1) is 10.2. The standard InChI is InChI=1S/C9H11FO2S/c1-3-7-4-5-9(8(10)6-7)13(2,11)12/h4-6H,3H2,1-2H3. The molecule has 0 spiro atoms. The first-order chi connectivity index (χ1) is 5.95. The van der Waals surface area contributed by atoms with Gasteiger partial charge in [0.1, 0.15) is 10.7 Å². The Morgan fingerprint density at radius 3 is 2.38 bits per heavy atom. The lowest BCUT2D eigenvalue weighted by Gasteiger charge is -2.02. The Morgan fingerprint density at radius 1 is 1.38 bits per heavy atom. The molecule has 1 rings (SSSR count). The molecule has 1 aromatic rings. The van der Waals surface area contributed by atoms with Crippen LogP contribution in [0.3, 0.4) is 0 Å². The molecule has 0 atom stereocenters. The summed E-state index contributed by atoms with van der Waals surface area (Å²) in [6.07, 6.45) is 1.69. The third-order valence-corrected chi connectivity index (χ3v) is 2.93. The molecular weight excluding hydrogens is 191 g/mol. The Labute approximate surface area is 77.3 Å². The minimum atomic E-state index is -3.43. The molecule has 0 aliphatic heterocycles. The van der Waals surface area contributed by atoms with E-state index in [0.29, 0.717) is 6.42 Å². The number of halogens is 1. The molecule has 13 heavy (non-hydrogen) atoms. The van der Waals surface area contributed by atoms with Gasteiger partial charge in [0.15, 0.2) is 9.84 Å². The van der Waals surface area contributed by atoms with E-state index in [4.69, 9.17) is 0 Å². The highest BCUT2D eigenvalue weighted by Crippen LogP contribution is 2.15. The zero-order chi connectivity index (χ0) is 10.1. The van der Waals surface area contributed by atoms with Gasteiger partial charge in [0, 0.05) is 6.26 Å². The van der Waals surface area contributed by atoms with Crippen molar-refractivity contribution in [1.29, 1.82) is 0 Å². The Balaban J connectivity index is 3.29. The Bertz CT molecular complexity index is 410. The van der Waals surface area contributed by atoms with E-state index in [9.17, 15) is 12.8 Å². The largest absolute Gasteiger partial charge is 0.224 e. The van der Waals surface area contributed by atoms with Crippen molar-refractivity contribution in [3.8, 4) is 0 Å². The molecule has 0 aliphatic carbocycles. The highest BCUT2D eigenvalue weighted by Gasteiger charge is 2.12. The fourth-order valence-corrected chi connectivity index (χ4v) is 1.79. The zero-order valence-corrected chi connectivity index (χ0v) is 8.36. The summed E-state index contributed by atoms with van der Waals surface area (Å²) in [5.74, 6) is -0.665. The molecule has 0 unspecified atom stereocenters. The van der Waals surface area contributed by atoms with E-state index in [-0.39, 0.29) is 4.90 Å². The summed E-state index contributed by atoms with van der Waals surface area (Å²) in [5, 5.41) is 0. The maximum absolute atomic E-state index is 13.2. The van der Waals surface area contributed by atoms with Gasteiger partial charge in [0.05, 0.1) is 0 Å². The molecule has 72 valence electrons. The van der Waals surface area contributed by atoms with Gasteiger partial charge in [-0.25, -0.2) is 12.8 Å². The van der Waals surface area contributed by atoms with E-state index in [1.807, 2.05) is 6.92 Å². The molecule has 0 N–H and O–H groups in total. The minimum absolute atomic E-state index is 0.232. The summed E-state index contributed by atoms with van der Waals surface area (Å²) >= 11 is 0. The van der Waals surface area contributed by atoms with E-state index in [2.05, 4.69) is 0 Å². The third kappa shape index (κ3) is 2.28. The molecule has 1 aromatic carbocycles. The van der Waals surface area contributed by atoms with Crippen LogP contribution in [0.2, 0.25) is 0 Å². The number of aryl methyl sites for hydroxylation is 1. The summed E-state index contributed by atoms with van der Waals surface area (Å²) in [6, 6.07) is 4.19. The lowest BCUT2D eigenvalue weighted by atomic mass is 10.2. The summed E-state index contributed by atoms with van der Waals surface area (Å²) in [6.45, 7) is 1.88. The van der Waals surface area contributed by atoms with Crippen LogP contribution in [-0.2, 0) is 16.3 Å². The highest BCUT2D eigenvalue weighted by molar-refractivity contribution is 7.90. The van der Waals surface area contributed by atoms with Crippen LogP contribution in [0.25, 0.3) is 0 Å². The molecule has 2 nitrogen and oxygen atoms in total. The van der Waals surface area contributed by atoms with Crippen molar-refractivity contribution in [2.45, 2.75) is 18.2 Å². The van der Waals surface area contributed by atoms with Gasteiger partial charge in [0.25, 0.3) is 0 Å². The van der Waals surface area contributed by atoms with Crippen LogP contribution in [-0.4, -0.2) is 14.7 Å². The normalized spacial score (nSPS) is 11.6. The quantitative estimate of drug-likeness (QED) is 0.732. The summed E-state index contributed by atoms with van der Waals surface area (Å²) in [5.41, 5.74) is 0.796. The van der Waals surface area contributed by atoms with Gasteiger partial charge in [-0.3, -0.25) is 0 Å². The Hall–Kier alpha value is -0.900. The second-order valence-corrected chi connectivity index (χ2v) is 4.87. The maximum atomic E-state index is 13.2. The molecule has 0 fully saturated rings. The second kappa shape index (κ2) is 3.46. The Morgan fingerprint density at radius 2 is 2.00 bits per heavy atom. The van der Waals surface area contributed by atoms with Crippen LogP contribution in [0.4, 0.5) is 4.39 Å². The summed E-state index contributed by atoms with van der Waals surface area (Å²) < 4.78 is 35.2. The van der Waals surface area contributed by atoms with Gasteiger partial charge < -0.3 is 0 Å². The van der Waals surface area contributed by atoms with Crippen LogP contribution in [0.1, 0.15) is 12.5 Å². The lowest BCUT2D eigenvalue weighted by molar-refractivity contribution is 0.569. The molecule has 0 saturated heterocycles. The van der Waals surface area contributed by atoms with E-state index in [0.717, 1.165) is 11.8 Å². The fourth-order valence-electron chi connectivity index (χ4n) is 1.06. The highest BCUT2D eigenvalue weighted by atomic mass is 32.2. The minimum Gasteiger partial charge on any atom is -0.224 e. The number of hydrogen-bond donors (Lipinski definition) is 0. The third-order valence-electron chi connectivity index (χ3n) is 1.80. The molecule has 0 amide bonds. The SMILES string of the molecule is CCc1ccc(S(C)(=O)=O)c(F)c1. The van der Waals surface area contributed by atoms with E-state index in [1.54, 1.807) is 6.07 Å². The van der Waals surface area contributed by atoms with Crippen molar-refractivity contribution in [2.75, 3.05) is 6.26 Å². The molecular formula is C9H11FO2S. The monoisotopic (exact) mass is 202 g/mol. The van der Waals surface area contributed by atoms with Crippen LogP contribution in [0.5, 0.6) is 0 Å². The van der Waals surface area contributed by atoms with Gasteiger partial charge in [0.2, 0.25) is 0 Å². The van der Waals surface area contributed by atoms with Crippen molar-refractivity contribution in [1.82, 2.24) is 0 Å². The van der Waals surface area contributed by atoms with Crippen molar-refractivity contribution in [3.63, 3.8) is 0 Å². The topological polar surface area (TPSA) is 34.1 Å². The average molecular weight is 202 g/mol. The van der Waals surface area contributed by atoms with E-state index >= 15 is 0 Å². The molecule has 0 aliphatic rings. The van der Waals surface area contributed by atoms with E-state index in [1.165, 1.54) is 12.1 Å². The van der Waals surface area contributed by atoms with Gasteiger partial charge in [-0.2, -0.15) is 0 Å². The van der Waals surface area contributed by atoms with Gasteiger partial charge in [-0.15, -0.1) is 0 Å². The zero-order valence-electron chi connectivity index (χ0n) is 7.54. The van der Waals surface area contributed by atoms with Crippen LogP contribution in [0.15, 0.2) is 23.1 Å². The molecule has 0 saturated carbocycles. The van der Waals surface area contributed by atoms with Crippen LogP contribution in [0, 0.1) is 5.82 Å². The first-order valence-corrected chi connectivity index (χ1v) is 5.82. The summed E-state index contributed by atoms with van der Waals surface area (Å²) in [7, 11) is -3.43. The number of sulfone groups is 1. The number of hydrogen-bond acceptors (Lipinski definition) is 2. The number of rotatable bonds is 2. The maximum Gasteiger partial charge on any atom is 0.178 e. The first-order valence-electron chi connectivity index (χ1n) is 3.93. The van der Waals surface area contributed by atoms with Crippen molar-refractivity contribution < 1.29 is 12.8 Å². The molecule has 0 aromatic heterocycles. The summed E-state index contributed by atoms with van der Waals surface area (Å²) in [4.78, 5) is -0.232. The molecule has 4 heteroatoms. The average Bonchev–Trinajstić information content (AvgIpc) is 2.01. The lowest BCUT2D eigenvalue weighted by Crippen LogP contribution is -2.01. The molecule has 0 heterocycles. The van der Waals surface area contributed by atoms with Crippen molar-refractivity contribution in [3.05, 3.63) is 29.6 Å². The Kier molecular flexibility index (Phi) is 2.71. The molecule has 0 bridgehead atoms. The second-order valence-electron chi connectivity index (χ2n) is 2.89. The molecule has 0 radical (unpaired) electrons. The number of benzene rings is 1. The van der Waals surface area contributed by atoms with E-state index < -0.39 is 15.7 Å². The predicted molar refractivity (Wildman–Crippen MR) is 48.9 cm³/mol. The van der Waals surface area contributed by atoms with Gasteiger partial charge in [-0.1, -0.05) is 13.0 Å². The van der Waals surface area contributed by atoms with Gasteiger partial charge in [-0.05, 0) is 24.1 Å².